The van der Waals surface area contributed by atoms with E-state index in [1.807, 2.05) is 0 Å². The Morgan fingerprint density at radius 3 is 3.00 bits per heavy atom. The summed E-state index contributed by atoms with van der Waals surface area (Å²) >= 11 is 0. The molecule has 2 fully saturated rings. The van der Waals surface area contributed by atoms with Crippen molar-refractivity contribution in [1.29, 1.82) is 0 Å². The fourth-order valence-electron chi connectivity index (χ4n) is 1.93. The van der Waals surface area contributed by atoms with Crippen LogP contribution in [-0.4, -0.2) is 41.8 Å². The number of amides is 1. The van der Waals surface area contributed by atoms with Crippen molar-refractivity contribution >= 4 is 5.91 Å². The zero-order chi connectivity index (χ0) is 11.7. The number of rotatable bonds is 3. The molecule has 1 amide bonds. The van der Waals surface area contributed by atoms with E-state index in [9.17, 15) is 4.79 Å². The second-order valence-corrected chi connectivity index (χ2v) is 4.31. The molecule has 0 aliphatic carbocycles. The van der Waals surface area contributed by atoms with Gasteiger partial charge in [0.15, 0.2) is 0 Å². The number of hydrogen-bond donors (Lipinski definition) is 2. The van der Waals surface area contributed by atoms with Crippen LogP contribution in [0.5, 0.6) is 0 Å². The van der Waals surface area contributed by atoms with Crippen molar-refractivity contribution in [2.45, 2.75) is 24.9 Å². The number of hydrogen-bond acceptors (Lipinski definition) is 6. The highest BCUT2D eigenvalue weighted by Crippen LogP contribution is 2.20. The lowest BCUT2D eigenvalue weighted by molar-refractivity contribution is -0.00368. The Labute approximate surface area is 97.9 Å². The molecule has 0 spiro atoms. The Morgan fingerprint density at radius 1 is 1.47 bits per heavy atom. The third kappa shape index (κ3) is 2.16. The average Bonchev–Trinajstić information content (AvgIpc) is 2.91. The van der Waals surface area contributed by atoms with Crippen molar-refractivity contribution in [1.82, 2.24) is 20.8 Å². The summed E-state index contributed by atoms with van der Waals surface area (Å²) in [5.41, 5.74) is 0. The van der Waals surface area contributed by atoms with Gasteiger partial charge in [0.1, 0.15) is 0 Å². The van der Waals surface area contributed by atoms with Gasteiger partial charge in [0.05, 0.1) is 25.3 Å². The topological polar surface area (TPSA) is 89.3 Å². The highest BCUT2D eigenvalue weighted by atomic mass is 16.5. The van der Waals surface area contributed by atoms with Gasteiger partial charge in [0.25, 0.3) is 11.7 Å². The van der Waals surface area contributed by atoms with Crippen molar-refractivity contribution < 1.29 is 14.1 Å². The maximum absolute atomic E-state index is 11.7. The molecular formula is C10H14N4O3. The van der Waals surface area contributed by atoms with Gasteiger partial charge in [0.2, 0.25) is 5.89 Å². The van der Waals surface area contributed by atoms with Crippen LogP contribution in [0.1, 0.15) is 35.4 Å². The van der Waals surface area contributed by atoms with Gasteiger partial charge >= 0.3 is 0 Å². The quantitative estimate of drug-likeness (QED) is 0.746. The van der Waals surface area contributed by atoms with Gasteiger partial charge in [0, 0.05) is 0 Å². The first-order valence-electron chi connectivity index (χ1n) is 5.78. The number of nitrogens with zero attached hydrogens (tertiary/aromatic N) is 2. The van der Waals surface area contributed by atoms with E-state index < -0.39 is 0 Å². The van der Waals surface area contributed by atoms with Gasteiger partial charge in [-0.2, -0.15) is 4.98 Å². The number of ether oxygens (including phenoxy) is 1. The molecule has 0 radical (unpaired) electrons. The van der Waals surface area contributed by atoms with Crippen LogP contribution < -0.4 is 10.6 Å². The Kier molecular flexibility index (Phi) is 2.77. The second kappa shape index (κ2) is 4.42. The molecule has 1 unspecified atom stereocenters. The lowest BCUT2D eigenvalue weighted by atomic mass is 10.2. The molecule has 17 heavy (non-hydrogen) atoms. The van der Waals surface area contributed by atoms with E-state index in [0.717, 1.165) is 19.4 Å². The van der Waals surface area contributed by atoms with Crippen LogP contribution in [0.15, 0.2) is 4.52 Å². The van der Waals surface area contributed by atoms with Crippen LogP contribution in [-0.2, 0) is 4.74 Å². The molecule has 92 valence electrons. The molecule has 3 heterocycles. The maximum atomic E-state index is 11.7. The molecule has 2 aliphatic heterocycles. The van der Waals surface area contributed by atoms with E-state index in [-0.39, 0.29) is 23.8 Å². The number of nitrogens with one attached hydrogen (secondary N) is 2. The Morgan fingerprint density at radius 2 is 2.35 bits per heavy atom. The molecule has 3 rings (SSSR count). The Balaban J connectivity index is 1.64. The zero-order valence-corrected chi connectivity index (χ0v) is 9.31. The monoisotopic (exact) mass is 238 g/mol. The predicted octanol–water partition coefficient (Wildman–Crippen LogP) is -0.377. The van der Waals surface area contributed by atoms with Gasteiger partial charge in [-0.05, 0) is 19.4 Å². The highest BCUT2D eigenvalue weighted by Gasteiger charge is 2.26. The number of carbonyl (C=O) groups excluding carboxylic acids is 1. The summed E-state index contributed by atoms with van der Waals surface area (Å²) in [4.78, 5) is 15.8. The summed E-state index contributed by atoms with van der Waals surface area (Å²) in [7, 11) is 0. The number of carbonyl (C=O) groups is 1. The molecule has 2 N–H and O–H groups in total. The van der Waals surface area contributed by atoms with Gasteiger partial charge in [-0.1, -0.05) is 5.16 Å². The lowest BCUT2D eigenvalue weighted by Gasteiger charge is -2.25. The molecule has 1 aromatic heterocycles. The second-order valence-electron chi connectivity index (χ2n) is 4.31. The minimum atomic E-state index is -0.300. The van der Waals surface area contributed by atoms with Crippen molar-refractivity contribution in [2.75, 3.05) is 19.8 Å². The van der Waals surface area contributed by atoms with Crippen LogP contribution in [0.4, 0.5) is 0 Å². The Bertz CT molecular complexity index is 409. The summed E-state index contributed by atoms with van der Waals surface area (Å²) in [5.74, 6) is 0.296. The fourth-order valence-corrected chi connectivity index (χ4v) is 1.93. The van der Waals surface area contributed by atoms with E-state index in [0.29, 0.717) is 19.1 Å². The standard InChI is InChI=1S/C10H14N4O3/c15-9(12-6-4-16-5-6)8-13-10(17-14-8)7-2-1-3-11-7/h6-7,11H,1-5H2,(H,12,15). The molecule has 0 bridgehead atoms. The first-order chi connectivity index (χ1) is 8.33. The first-order valence-corrected chi connectivity index (χ1v) is 5.78. The van der Waals surface area contributed by atoms with Crippen LogP contribution >= 0.6 is 0 Å². The van der Waals surface area contributed by atoms with Gasteiger partial charge in [-0.25, -0.2) is 0 Å². The van der Waals surface area contributed by atoms with E-state index in [2.05, 4.69) is 20.8 Å². The average molecular weight is 238 g/mol. The molecule has 1 atom stereocenters. The number of aromatic nitrogens is 2. The first kappa shape index (κ1) is 10.7. The highest BCUT2D eigenvalue weighted by molar-refractivity contribution is 5.90. The summed E-state index contributed by atoms with van der Waals surface area (Å²) in [6.07, 6.45) is 2.06. The minimum Gasteiger partial charge on any atom is -0.377 e. The van der Waals surface area contributed by atoms with E-state index in [1.165, 1.54) is 0 Å². The zero-order valence-electron chi connectivity index (χ0n) is 9.31. The fraction of sp³-hybridized carbons (Fsp3) is 0.700. The molecule has 2 saturated heterocycles. The van der Waals surface area contributed by atoms with Crippen LogP contribution in [0.25, 0.3) is 0 Å². The SMILES string of the molecule is O=C(NC1COC1)c1noc(C2CCCN2)n1. The van der Waals surface area contributed by atoms with E-state index in [1.54, 1.807) is 0 Å². The van der Waals surface area contributed by atoms with Crippen molar-refractivity contribution in [3.8, 4) is 0 Å². The van der Waals surface area contributed by atoms with Gasteiger partial charge < -0.3 is 19.9 Å². The van der Waals surface area contributed by atoms with Gasteiger partial charge in [-0.3, -0.25) is 4.79 Å². The van der Waals surface area contributed by atoms with Crippen molar-refractivity contribution in [3.05, 3.63) is 11.7 Å². The summed E-state index contributed by atoms with van der Waals surface area (Å²) in [5, 5.41) is 9.70. The van der Waals surface area contributed by atoms with Crippen LogP contribution in [0.2, 0.25) is 0 Å². The van der Waals surface area contributed by atoms with E-state index >= 15 is 0 Å². The third-order valence-electron chi connectivity index (χ3n) is 2.98. The van der Waals surface area contributed by atoms with Crippen molar-refractivity contribution in [3.63, 3.8) is 0 Å². The van der Waals surface area contributed by atoms with Crippen LogP contribution in [0.3, 0.4) is 0 Å². The van der Waals surface area contributed by atoms with Gasteiger partial charge in [-0.15, -0.1) is 0 Å². The molecule has 1 aromatic rings. The lowest BCUT2D eigenvalue weighted by Crippen LogP contribution is -2.48. The van der Waals surface area contributed by atoms with Crippen molar-refractivity contribution in [2.24, 2.45) is 0 Å². The molecule has 0 saturated carbocycles. The summed E-state index contributed by atoms with van der Waals surface area (Å²) in [6, 6.07) is 0.171. The summed E-state index contributed by atoms with van der Waals surface area (Å²) in [6.45, 7) is 2.06. The molecule has 7 heteroatoms. The normalized spacial score (nSPS) is 24.6. The largest absolute Gasteiger partial charge is 0.377 e. The Hall–Kier alpha value is -1.47. The van der Waals surface area contributed by atoms with Crippen LogP contribution in [0, 0.1) is 0 Å². The molecule has 0 aromatic carbocycles. The molecule has 7 nitrogen and oxygen atoms in total. The smallest absolute Gasteiger partial charge is 0.293 e. The predicted molar refractivity (Wildman–Crippen MR) is 56.3 cm³/mol. The summed E-state index contributed by atoms with van der Waals surface area (Å²) < 4.78 is 10.1. The molecular weight excluding hydrogens is 224 g/mol. The molecule has 2 aliphatic rings. The van der Waals surface area contributed by atoms with E-state index in [4.69, 9.17) is 9.26 Å². The maximum Gasteiger partial charge on any atom is 0.293 e. The minimum absolute atomic E-state index is 0.0778. The third-order valence-corrected chi connectivity index (χ3v) is 2.98.